The van der Waals surface area contributed by atoms with Crippen LogP contribution in [0.15, 0.2) is 10.5 Å². The van der Waals surface area contributed by atoms with E-state index in [4.69, 9.17) is 10.2 Å². The highest BCUT2D eigenvalue weighted by Gasteiger charge is 2.12. The Morgan fingerprint density at radius 3 is 2.75 bits per heavy atom. The Morgan fingerprint density at radius 2 is 2.25 bits per heavy atom. The Hall–Kier alpha value is -1.00. The lowest BCUT2D eigenvalue weighted by Gasteiger charge is -2.00. The fourth-order valence-electron chi connectivity index (χ4n) is 1.37. The van der Waals surface area contributed by atoms with Gasteiger partial charge < -0.3 is 15.5 Å². The van der Waals surface area contributed by atoms with Crippen LogP contribution < -0.4 is 11.1 Å². The molecule has 0 radical (unpaired) electrons. The molecule has 1 aromatic heterocycles. The van der Waals surface area contributed by atoms with Crippen molar-refractivity contribution in [2.75, 3.05) is 13.1 Å². The molecule has 1 rings (SSSR count). The number of hydrogen-bond donors (Lipinski definition) is 2. The second-order valence-corrected chi connectivity index (χ2v) is 3.47. The molecule has 1 amide bonds. The number of nitrogens with two attached hydrogens (primary N) is 1. The van der Waals surface area contributed by atoms with Gasteiger partial charge in [-0.05, 0) is 31.5 Å². The van der Waals surface area contributed by atoms with Crippen LogP contribution in [0, 0.1) is 6.92 Å². The van der Waals surface area contributed by atoms with E-state index >= 15 is 0 Å². The molecule has 0 atom stereocenters. The van der Waals surface area contributed by atoms with Crippen molar-refractivity contribution < 1.29 is 9.21 Å². The molecule has 0 unspecified atom stereocenters. The van der Waals surface area contributed by atoms with Crippen LogP contribution in [-0.4, -0.2) is 19.0 Å². The van der Waals surface area contributed by atoms with Crippen molar-refractivity contribution in [1.29, 1.82) is 0 Å². The average Bonchev–Trinajstić information content (AvgIpc) is 2.60. The van der Waals surface area contributed by atoms with Gasteiger partial charge in [-0.2, -0.15) is 0 Å². The molecule has 0 bridgehead atoms. The highest BCUT2D eigenvalue weighted by atomic mass is 35.5. The highest BCUT2D eigenvalue weighted by molar-refractivity contribution is 5.91. The molecular formula is C11H19ClN2O2. The van der Waals surface area contributed by atoms with Gasteiger partial charge in [-0.25, -0.2) is 0 Å². The first kappa shape index (κ1) is 15.0. The van der Waals surface area contributed by atoms with Crippen LogP contribution >= 0.6 is 12.4 Å². The van der Waals surface area contributed by atoms with Gasteiger partial charge >= 0.3 is 0 Å². The van der Waals surface area contributed by atoms with Crippen molar-refractivity contribution in [2.45, 2.75) is 26.7 Å². The largest absolute Gasteiger partial charge is 0.456 e. The highest BCUT2D eigenvalue weighted by Crippen LogP contribution is 2.14. The molecule has 0 fully saturated rings. The molecule has 1 heterocycles. The van der Waals surface area contributed by atoms with Crippen LogP contribution in [0.1, 0.15) is 35.2 Å². The van der Waals surface area contributed by atoms with E-state index in [1.54, 1.807) is 6.07 Å². The minimum atomic E-state index is -0.161. The lowest BCUT2D eigenvalue weighted by molar-refractivity contribution is 0.0924. The minimum Gasteiger partial charge on any atom is -0.456 e. The fraction of sp³-hybridized carbons (Fsp3) is 0.545. The summed E-state index contributed by atoms with van der Waals surface area (Å²) < 4.78 is 5.41. The van der Waals surface area contributed by atoms with E-state index in [0.717, 1.165) is 24.2 Å². The monoisotopic (exact) mass is 246 g/mol. The topological polar surface area (TPSA) is 68.3 Å². The quantitative estimate of drug-likeness (QED) is 0.777. The summed E-state index contributed by atoms with van der Waals surface area (Å²) in [7, 11) is 0. The molecule has 4 nitrogen and oxygen atoms in total. The fourth-order valence-corrected chi connectivity index (χ4v) is 1.37. The van der Waals surface area contributed by atoms with Crippen LogP contribution in [-0.2, 0) is 6.42 Å². The third kappa shape index (κ3) is 3.87. The van der Waals surface area contributed by atoms with Crippen LogP contribution in [0.2, 0.25) is 0 Å². The summed E-state index contributed by atoms with van der Waals surface area (Å²) in [6.07, 6.45) is 1.59. The van der Waals surface area contributed by atoms with Gasteiger partial charge in [-0.15, -0.1) is 12.4 Å². The number of carbonyl (C=O) groups is 1. The first-order valence-electron chi connectivity index (χ1n) is 5.26. The summed E-state index contributed by atoms with van der Waals surface area (Å²) in [5, 5.41) is 2.75. The van der Waals surface area contributed by atoms with Gasteiger partial charge in [0.25, 0.3) is 5.91 Å². The summed E-state index contributed by atoms with van der Waals surface area (Å²) in [5.41, 5.74) is 6.36. The number of rotatable bonds is 5. The molecule has 0 aliphatic carbocycles. The van der Waals surface area contributed by atoms with Gasteiger partial charge in [0.2, 0.25) is 0 Å². The minimum absolute atomic E-state index is 0. The van der Waals surface area contributed by atoms with Crippen molar-refractivity contribution in [3.63, 3.8) is 0 Å². The molecule has 1 aromatic rings. The van der Waals surface area contributed by atoms with Crippen LogP contribution in [0.3, 0.4) is 0 Å². The normalized spacial score (nSPS) is 9.69. The second-order valence-electron chi connectivity index (χ2n) is 3.47. The molecule has 92 valence electrons. The molecule has 5 heteroatoms. The van der Waals surface area contributed by atoms with Gasteiger partial charge in [-0.3, -0.25) is 4.79 Å². The summed E-state index contributed by atoms with van der Waals surface area (Å²) in [4.78, 5) is 11.6. The second kappa shape index (κ2) is 7.30. The molecule has 0 spiro atoms. The van der Waals surface area contributed by atoms with E-state index in [9.17, 15) is 4.79 Å². The number of halogens is 1. The van der Waals surface area contributed by atoms with Crippen LogP contribution in [0.25, 0.3) is 0 Å². The maximum atomic E-state index is 11.6. The number of furan rings is 1. The SMILES string of the molecule is CCc1oc(C(=O)NCCCN)cc1C.Cl. The lowest BCUT2D eigenvalue weighted by Crippen LogP contribution is -2.25. The Kier molecular flexibility index (Phi) is 6.85. The zero-order valence-electron chi connectivity index (χ0n) is 9.71. The van der Waals surface area contributed by atoms with Gasteiger partial charge in [0, 0.05) is 13.0 Å². The zero-order chi connectivity index (χ0) is 11.3. The molecular weight excluding hydrogens is 228 g/mol. The van der Waals surface area contributed by atoms with E-state index in [1.165, 1.54) is 0 Å². The molecule has 0 saturated heterocycles. The lowest BCUT2D eigenvalue weighted by atomic mass is 10.2. The number of carbonyl (C=O) groups excluding carboxylic acids is 1. The molecule has 0 aliphatic heterocycles. The maximum absolute atomic E-state index is 11.6. The summed E-state index contributed by atoms with van der Waals surface area (Å²) in [5.74, 6) is 1.10. The van der Waals surface area contributed by atoms with E-state index < -0.39 is 0 Å². The van der Waals surface area contributed by atoms with Gasteiger partial charge in [-0.1, -0.05) is 6.92 Å². The molecule has 3 N–H and O–H groups in total. The molecule has 0 aromatic carbocycles. The van der Waals surface area contributed by atoms with E-state index in [0.29, 0.717) is 18.8 Å². The van der Waals surface area contributed by atoms with Crippen LogP contribution in [0.5, 0.6) is 0 Å². The number of amides is 1. The Bertz CT molecular complexity index is 337. The predicted octanol–water partition coefficient (Wildman–Crippen LogP) is 1.65. The Labute approximate surface area is 102 Å². The Balaban J connectivity index is 0.00000225. The van der Waals surface area contributed by atoms with Gasteiger partial charge in [0.05, 0.1) is 0 Å². The number of nitrogens with one attached hydrogen (secondary N) is 1. The number of aryl methyl sites for hydroxylation is 2. The molecule has 16 heavy (non-hydrogen) atoms. The van der Waals surface area contributed by atoms with E-state index in [2.05, 4.69) is 5.32 Å². The van der Waals surface area contributed by atoms with E-state index in [-0.39, 0.29) is 18.3 Å². The van der Waals surface area contributed by atoms with Crippen molar-refractivity contribution in [2.24, 2.45) is 5.73 Å². The average molecular weight is 247 g/mol. The van der Waals surface area contributed by atoms with Crippen molar-refractivity contribution >= 4 is 18.3 Å². The smallest absolute Gasteiger partial charge is 0.287 e. The zero-order valence-corrected chi connectivity index (χ0v) is 10.5. The summed E-state index contributed by atoms with van der Waals surface area (Å²) >= 11 is 0. The molecule has 0 saturated carbocycles. The van der Waals surface area contributed by atoms with Gasteiger partial charge in [0.1, 0.15) is 5.76 Å². The van der Waals surface area contributed by atoms with Crippen molar-refractivity contribution in [3.05, 3.63) is 23.2 Å². The first-order chi connectivity index (χ1) is 7.19. The number of hydrogen-bond acceptors (Lipinski definition) is 3. The summed E-state index contributed by atoms with van der Waals surface area (Å²) in [6.45, 7) is 5.12. The first-order valence-corrected chi connectivity index (χ1v) is 5.26. The van der Waals surface area contributed by atoms with Crippen LogP contribution in [0.4, 0.5) is 0 Å². The standard InChI is InChI=1S/C11H18N2O2.ClH/c1-3-9-8(2)7-10(15-9)11(14)13-6-4-5-12;/h7H,3-6,12H2,1-2H3,(H,13,14);1H. The third-order valence-corrected chi connectivity index (χ3v) is 2.23. The third-order valence-electron chi connectivity index (χ3n) is 2.23. The summed E-state index contributed by atoms with van der Waals surface area (Å²) in [6, 6.07) is 1.77. The maximum Gasteiger partial charge on any atom is 0.287 e. The van der Waals surface area contributed by atoms with E-state index in [1.807, 2.05) is 13.8 Å². The van der Waals surface area contributed by atoms with Crippen molar-refractivity contribution in [1.82, 2.24) is 5.32 Å². The van der Waals surface area contributed by atoms with Gasteiger partial charge in [0.15, 0.2) is 5.76 Å². The Morgan fingerprint density at radius 1 is 1.56 bits per heavy atom. The predicted molar refractivity (Wildman–Crippen MR) is 66.1 cm³/mol. The molecule has 0 aliphatic rings. The van der Waals surface area contributed by atoms with Crippen molar-refractivity contribution in [3.8, 4) is 0 Å².